The lowest BCUT2D eigenvalue weighted by Gasteiger charge is -2.38. The van der Waals surface area contributed by atoms with Crippen LogP contribution in [0.1, 0.15) is 24.1 Å². The van der Waals surface area contributed by atoms with Crippen LogP contribution in [-0.2, 0) is 16.0 Å². The van der Waals surface area contributed by atoms with Crippen molar-refractivity contribution in [2.24, 2.45) is 0 Å². The number of hydrogen-bond donors (Lipinski definition) is 2. The Morgan fingerprint density at radius 3 is 2.44 bits per heavy atom. The second-order valence-electron chi connectivity index (χ2n) is 7.48. The van der Waals surface area contributed by atoms with Gasteiger partial charge in [-0.05, 0) is 37.6 Å². The molecule has 0 aromatic heterocycles. The summed E-state index contributed by atoms with van der Waals surface area (Å²) in [4.78, 5) is 30.8. The van der Waals surface area contributed by atoms with E-state index in [0.29, 0.717) is 13.1 Å². The molecule has 148 valence electrons. The molecule has 0 unspecified atom stereocenters. The maximum Gasteiger partial charge on any atom is 0.309 e. The van der Waals surface area contributed by atoms with E-state index in [1.165, 1.54) is 16.8 Å². The number of hydrogen-bond acceptors (Lipinski definition) is 5. The molecule has 2 heterocycles. The van der Waals surface area contributed by atoms with Crippen LogP contribution >= 0.6 is 0 Å². The van der Waals surface area contributed by atoms with Crippen LogP contribution in [0.3, 0.4) is 0 Å². The van der Waals surface area contributed by atoms with Gasteiger partial charge in [-0.3, -0.25) is 14.5 Å². The van der Waals surface area contributed by atoms with Gasteiger partial charge in [-0.25, -0.2) is 0 Å². The monoisotopic (exact) mass is 373 g/mol. The smallest absolute Gasteiger partial charge is 0.309 e. The van der Waals surface area contributed by atoms with Crippen molar-refractivity contribution in [1.82, 2.24) is 20.4 Å². The van der Waals surface area contributed by atoms with Crippen molar-refractivity contribution in [3.63, 3.8) is 0 Å². The highest BCUT2D eigenvalue weighted by Crippen LogP contribution is 2.31. The predicted octanol–water partition coefficient (Wildman–Crippen LogP) is 0.220. The molecule has 3 rings (SSSR count). The van der Waals surface area contributed by atoms with E-state index in [9.17, 15) is 9.59 Å². The number of piperazine rings is 1. The molecule has 2 aliphatic heterocycles. The molecular formula is C20H31N5O2. The maximum atomic E-state index is 12.1. The van der Waals surface area contributed by atoms with Crippen LogP contribution in [0, 0.1) is 0 Å². The van der Waals surface area contributed by atoms with Crippen molar-refractivity contribution in [2.75, 3.05) is 64.8 Å². The van der Waals surface area contributed by atoms with Crippen LogP contribution in [0.25, 0.3) is 0 Å². The molecular weight excluding hydrogens is 342 g/mol. The molecule has 1 aromatic carbocycles. The second-order valence-corrected chi connectivity index (χ2v) is 7.48. The van der Waals surface area contributed by atoms with Gasteiger partial charge in [0.2, 0.25) is 0 Å². The van der Waals surface area contributed by atoms with Gasteiger partial charge in [0.25, 0.3) is 0 Å². The van der Waals surface area contributed by atoms with Gasteiger partial charge in [0.05, 0.1) is 6.04 Å². The van der Waals surface area contributed by atoms with Crippen molar-refractivity contribution in [3.05, 3.63) is 29.3 Å². The van der Waals surface area contributed by atoms with E-state index < -0.39 is 11.8 Å². The molecule has 7 nitrogen and oxygen atoms in total. The fraction of sp³-hybridized carbons (Fsp3) is 0.600. The number of likely N-dealkylation sites (N-methyl/N-ethyl adjacent to an activating group) is 3. The third kappa shape index (κ3) is 4.59. The van der Waals surface area contributed by atoms with Gasteiger partial charge in [-0.1, -0.05) is 12.1 Å². The molecule has 1 fully saturated rings. The summed E-state index contributed by atoms with van der Waals surface area (Å²) in [6.07, 6.45) is 1.06. The maximum absolute atomic E-state index is 12.1. The van der Waals surface area contributed by atoms with Crippen LogP contribution in [0.2, 0.25) is 0 Å². The van der Waals surface area contributed by atoms with E-state index in [2.05, 4.69) is 57.6 Å². The largest absolute Gasteiger partial charge is 0.374 e. The average Bonchev–Trinajstić information content (AvgIpc) is 3.04. The van der Waals surface area contributed by atoms with Crippen LogP contribution in [0.15, 0.2) is 18.2 Å². The van der Waals surface area contributed by atoms with Gasteiger partial charge in [0.15, 0.2) is 0 Å². The van der Waals surface area contributed by atoms with E-state index in [0.717, 1.165) is 39.1 Å². The number of nitrogens with one attached hydrogen (secondary N) is 2. The summed E-state index contributed by atoms with van der Waals surface area (Å²) in [5, 5.41) is 5.39. The van der Waals surface area contributed by atoms with Crippen LogP contribution < -0.4 is 15.5 Å². The first-order valence-corrected chi connectivity index (χ1v) is 9.82. The zero-order valence-corrected chi connectivity index (χ0v) is 16.6. The number of nitrogens with zero attached hydrogens (tertiary/aromatic N) is 3. The quantitative estimate of drug-likeness (QED) is 0.723. The topological polar surface area (TPSA) is 67.9 Å². The summed E-state index contributed by atoms with van der Waals surface area (Å²) in [6, 6.07) is 6.71. The van der Waals surface area contributed by atoms with Crippen molar-refractivity contribution in [1.29, 1.82) is 0 Å². The number of rotatable bonds is 5. The molecule has 0 aliphatic carbocycles. The summed E-state index contributed by atoms with van der Waals surface area (Å²) in [7, 11) is 4.25. The van der Waals surface area contributed by atoms with Gasteiger partial charge in [-0.2, -0.15) is 0 Å². The van der Waals surface area contributed by atoms with Crippen molar-refractivity contribution < 1.29 is 9.59 Å². The van der Waals surface area contributed by atoms with Crippen LogP contribution in [-0.4, -0.2) is 81.5 Å². The van der Waals surface area contributed by atoms with Crippen LogP contribution in [0.4, 0.5) is 5.69 Å². The lowest BCUT2D eigenvalue weighted by Crippen LogP contribution is -2.49. The third-order valence-electron chi connectivity index (χ3n) is 5.59. The Balaban J connectivity index is 1.76. The van der Waals surface area contributed by atoms with Crippen LogP contribution in [0.5, 0.6) is 0 Å². The second kappa shape index (κ2) is 8.71. The summed E-state index contributed by atoms with van der Waals surface area (Å²) in [5.41, 5.74) is 3.87. The SMILES string of the molecule is CCNC(=O)C(=O)NC[C@@H](c1ccc2c(c1)CCN2C)N1CCN(C)CC1. The molecule has 1 aromatic rings. The molecule has 2 aliphatic rings. The number of fused-ring (bicyclic) bond motifs is 1. The molecule has 0 bridgehead atoms. The molecule has 2 amide bonds. The molecule has 2 N–H and O–H groups in total. The highest BCUT2D eigenvalue weighted by molar-refractivity contribution is 6.35. The van der Waals surface area contributed by atoms with E-state index in [1.54, 1.807) is 6.92 Å². The Hall–Kier alpha value is -2.12. The molecule has 7 heteroatoms. The fourth-order valence-electron chi connectivity index (χ4n) is 3.90. The van der Waals surface area contributed by atoms with Gasteiger partial charge in [0, 0.05) is 58.5 Å². The Bertz CT molecular complexity index is 685. The first kappa shape index (κ1) is 19.6. The number of amides is 2. The Labute approximate surface area is 161 Å². The van der Waals surface area contributed by atoms with E-state index in [-0.39, 0.29) is 6.04 Å². The minimum Gasteiger partial charge on any atom is -0.374 e. The Morgan fingerprint density at radius 2 is 1.74 bits per heavy atom. The van der Waals surface area contributed by atoms with E-state index >= 15 is 0 Å². The Morgan fingerprint density at radius 1 is 1.04 bits per heavy atom. The highest BCUT2D eigenvalue weighted by Gasteiger charge is 2.27. The van der Waals surface area contributed by atoms with Gasteiger partial charge >= 0.3 is 11.8 Å². The number of benzene rings is 1. The standard InChI is InChI=1S/C20H31N5O2/c1-4-21-19(26)20(27)22-14-18(25-11-9-23(2)10-12-25)15-5-6-17-16(13-15)7-8-24(17)3/h5-6,13,18H,4,7-12,14H2,1-3H3,(H,21,26)(H,22,27)/t18-/m0/s1. The molecule has 1 saturated heterocycles. The number of anilines is 1. The van der Waals surface area contributed by atoms with Crippen molar-refractivity contribution in [2.45, 2.75) is 19.4 Å². The molecule has 1 atom stereocenters. The fourth-order valence-corrected chi connectivity index (χ4v) is 3.90. The Kier molecular flexibility index (Phi) is 6.34. The average molecular weight is 374 g/mol. The summed E-state index contributed by atoms with van der Waals surface area (Å²) in [6.45, 7) is 7.67. The molecule has 0 saturated carbocycles. The predicted molar refractivity (Wildman–Crippen MR) is 107 cm³/mol. The lowest BCUT2D eigenvalue weighted by molar-refractivity contribution is -0.139. The van der Waals surface area contributed by atoms with Crippen molar-refractivity contribution >= 4 is 17.5 Å². The highest BCUT2D eigenvalue weighted by atomic mass is 16.2. The van der Waals surface area contributed by atoms with E-state index in [4.69, 9.17) is 0 Å². The summed E-state index contributed by atoms with van der Waals surface area (Å²) < 4.78 is 0. The zero-order chi connectivity index (χ0) is 19.4. The number of carbonyl (C=O) groups excluding carboxylic acids is 2. The first-order chi connectivity index (χ1) is 13.0. The molecule has 0 spiro atoms. The zero-order valence-electron chi connectivity index (χ0n) is 16.6. The van der Waals surface area contributed by atoms with Crippen molar-refractivity contribution in [3.8, 4) is 0 Å². The summed E-state index contributed by atoms with van der Waals surface area (Å²) in [5.74, 6) is -1.12. The van der Waals surface area contributed by atoms with Gasteiger partial charge in [0.1, 0.15) is 0 Å². The minimum atomic E-state index is -0.565. The molecule has 0 radical (unpaired) electrons. The minimum absolute atomic E-state index is 0.0771. The lowest BCUT2D eigenvalue weighted by atomic mass is 10.00. The van der Waals surface area contributed by atoms with Gasteiger partial charge in [-0.15, -0.1) is 0 Å². The molecule has 27 heavy (non-hydrogen) atoms. The normalized spacial score (nSPS) is 18.9. The third-order valence-corrected chi connectivity index (χ3v) is 5.59. The number of carbonyl (C=O) groups is 2. The van der Waals surface area contributed by atoms with Gasteiger partial charge < -0.3 is 20.4 Å². The first-order valence-electron chi connectivity index (χ1n) is 9.82. The summed E-state index contributed by atoms with van der Waals surface area (Å²) >= 11 is 0. The van der Waals surface area contributed by atoms with E-state index in [1.807, 2.05) is 0 Å².